The number of rotatable bonds is 6. The summed E-state index contributed by atoms with van der Waals surface area (Å²) >= 11 is 0. The van der Waals surface area contributed by atoms with Crippen LogP contribution < -0.4 is 22.3 Å². The predicted molar refractivity (Wildman–Crippen MR) is 171 cm³/mol. The molecule has 10 nitrogen and oxygen atoms in total. The van der Waals surface area contributed by atoms with E-state index in [0.29, 0.717) is 29.7 Å². The number of nitrogen functional groups attached to an aromatic ring is 1. The van der Waals surface area contributed by atoms with E-state index in [1.807, 2.05) is 55.5 Å². The molecule has 0 saturated carbocycles. The number of hydrogen-bond acceptors (Lipinski definition) is 7. The van der Waals surface area contributed by atoms with Crippen molar-refractivity contribution in [3.05, 3.63) is 88.5 Å². The maximum Gasteiger partial charge on any atom is 0.267 e. The van der Waals surface area contributed by atoms with Crippen LogP contribution in [0.2, 0.25) is 0 Å². The Morgan fingerprint density at radius 1 is 1.16 bits per heavy atom. The van der Waals surface area contributed by atoms with Crippen molar-refractivity contribution in [1.29, 1.82) is 0 Å². The Labute approximate surface area is 251 Å². The van der Waals surface area contributed by atoms with Gasteiger partial charge in [-0.15, -0.1) is 6.58 Å². The molecule has 4 aromatic rings. The largest absolute Gasteiger partial charge is 0.381 e. The lowest BCUT2D eigenvalue weighted by atomic mass is 9.93. The summed E-state index contributed by atoms with van der Waals surface area (Å²) in [7, 11) is 1.67. The molecule has 0 bridgehead atoms. The Morgan fingerprint density at radius 2 is 1.86 bits per heavy atom. The van der Waals surface area contributed by atoms with Gasteiger partial charge in [-0.05, 0) is 51.0 Å². The quantitative estimate of drug-likeness (QED) is 0.229. The number of amides is 1. The number of para-hydroxylation sites is 1. The number of carbonyl (C=O) groups excluding carboxylic acids is 1. The molecule has 0 spiro atoms. The molecule has 2 unspecified atom stereocenters. The minimum Gasteiger partial charge on any atom is -0.381 e. The highest BCUT2D eigenvalue weighted by Gasteiger charge is 2.23. The summed E-state index contributed by atoms with van der Waals surface area (Å²) in [5, 5.41) is 7.41. The van der Waals surface area contributed by atoms with Crippen molar-refractivity contribution in [3.8, 4) is 17.5 Å². The summed E-state index contributed by atoms with van der Waals surface area (Å²) in [6.07, 6.45) is 4.62. The number of hydrogen-bond donors (Lipinski definition) is 3. The van der Waals surface area contributed by atoms with Crippen molar-refractivity contribution in [3.63, 3.8) is 0 Å². The van der Waals surface area contributed by atoms with E-state index in [4.69, 9.17) is 21.2 Å². The van der Waals surface area contributed by atoms with E-state index in [2.05, 4.69) is 42.7 Å². The number of anilines is 2. The highest BCUT2D eigenvalue weighted by atomic mass is 16.5. The molecule has 224 valence electrons. The number of carbonyl (C=O) groups is 1. The molecule has 1 aliphatic rings. The Kier molecular flexibility index (Phi) is 10.0. The third kappa shape index (κ3) is 7.13. The normalized spacial score (nSPS) is 17.7. The summed E-state index contributed by atoms with van der Waals surface area (Å²) in [4.78, 5) is 29.3. The summed E-state index contributed by atoms with van der Waals surface area (Å²) in [6.45, 7) is 10.3. The molecule has 3 heterocycles. The van der Waals surface area contributed by atoms with Crippen LogP contribution in [0.25, 0.3) is 16.6 Å². The van der Waals surface area contributed by atoms with E-state index in [1.165, 1.54) is 4.68 Å². The van der Waals surface area contributed by atoms with E-state index in [0.717, 1.165) is 29.9 Å². The average Bonchev–Trinajstić information content (AvgIpc) is 3.27. The van der Waals surface area contributed by atoms with Crippen molar-refractivity contribution < 1.29 is 9.53 Å². The number of aryl methyl sites for hydroxylation is 2. The number of nitrogens with one attached hydrogen (secondary N) is 1. The molecular formula is C33H39N7O3. The van der Waals surface area contributed by atoms with Crippen molar-refractivity contribution in [2.45, 2.75) is 52.2 Å². The molecule has 0 radical (unpaired) electrons. The molecule has 1 saturated heterocycles. The molecule has 2 atom stereocenters. The Bertz CT molecular complexity index is 1720. The maximum absolute atomic E-state index is 13.5. The van der Waals surface area contributed by atoms with E-state index in [9.17, 15) is 9.59 Å². The lowest BCUT2D eigenvalue weighted by Crippen LogP contribution is -2.28. The zero-order valence-corrected chi connectivity index (χ0v) is 25.1. The number of ether oxygens (including phenoxy) is 1. The van der Waals surface area contributed by atoms with Crippen molar-refractivity contribution in [1.82, 2.24) is 19.3 Å². The van der Waals surface area contributed by atoms with Gasteiger partial charge in [0, 0.05) is 31.5 Å². The molecule has 1 amide bonds. The van der Waals surface area contributed by atoms with Crippen LogP contribution in [-0.4, -0.2) is 44.0 Å². The van der Waals surface area contributed by atoms with Crippen molar-refractivity contribution in [2.24, 2.45) is 18.7 Å². The zero-order valence-electron chi connectivity index (χ0n) is 25.1. The Balaban J connectivity index is 0.000000255. The van der Waals surface area contributed by atoms with E-state index >= 15 is 0 Å². The highest BCUT2D eigenvalue weighted by Crippen LogP contribution is 2.25. The second-order valence-corrected chi connectivity index (χ2v) is 10.5. The van der Waals surface area contributed by atoms with Gasteiger partial charge in [0.25, 0.3) is 11.5 Å². The van der Waals surface area contributed by atoms with Crippen molar-refractivity contribution in [2.75, 3.05) is 17.6 Å². The standard InChI is InChI=1S/C25H26N2O2.C8H13N5O/c1-4-23-26-22-12-8-9-20(14-13-19-15-17(2)29-18(3)16-19)24(22)25(28)27(23)21-10-6-5-7-11-21;1-3-4-11-8-5(7(10)14)6(9)12-13(8)2/h5-12,17-19H,4,15-16H2,1-3H3;3,11H,1,4H2,2H3,(H2,9,12)(H2,10,14). The van der Waals surface area contributed by atoms with Gasteiger partial charge >= 0.3 is 0 Å². The number of primary amides is 1. The number of aromatic nitrogens is 4. The SMILES string of the molecule is C=CCNc1c(C(N)=O)c(N)nn1C.CCc1nc2cccc(C#CC3CC(C)OC(C)C3)c2c(=O)n1-c1ccccc1. The van der Waals surface area contributed by atoms with Gasteiger partial charge in [-0.25, -0.2) is 4.98 Å². The molecular weight excluding hydrogens is 542 g/mol. The van der Waals surface area contributed by atoms with Gasteiger partial charge in [-0.2, -0.15) is 5.10 Å². The smallest absolute Gasteiger partial charge is 0.267 e. The molecule has 5 N–H and O–H groups in total. The minimum absolute atomic E-state index is 0.0586. The molecule has 10 heteroatoms. The van der Waals surface area contributed by atoms with Crippen LogP contribution in [0.3, 0.4) is 0 Å². The topological polar surface area (TPSA) is 143 Å². The molecule has 43 heavy (non-hydrogen) atoms. The first-order valence-electron chi connectivity index (χ1n) is 14.4. The molecule has 2 aromatic heterocycles. The molecule has 5 rings (SSSR count). The fraction of sp³-hybridized carbons (Fsp3) is 0.333. The third-order valence-electron chi connectivity index (χ3n) is 7.14. The molecule has 1 aliphatic heterocycles. The summed E-state index contributed by atoms with van der Waals surface area (Å²) in [5.41, 5.74) is 13.1. The molecule has 0 aliphatic carbocycles. The van der Waals surface area contributed by atoms with E-state index in [1.54, 1.807) is 17.7 Å². The van der Waals surface area contributed by atoms with Gasteiger partial charge in [0.1, 0.15) is 17.2 Å². The second-order valence-electron chi connectivity index (χ2n) is 10.5. The Hall–Kier alpha value is -4.88. The number of benzene rings is 2. The fourth-order valence-electron chi connectivity index (χ4n) is 5.32. The Morgan fingerprint density at radius 3 is 2.49 bits per heavy atom. The van der Waals surface area contributed by atoms with Gasteiger partial charge in [-0.1, -0.05) is 49.1 Å². The number of nitrogens with zero attached hydrogens (tertiary/aromatic N) is 4. The third-order valence-corrected chi connectivity index (χ3v) is 7.14. The minimum atomic E-state index is -0.595. The van der Waals surface area contributed by atoms with Gasteiger partial charge in [-0.3, -0.25) is 18.8 Å². The lowest BCUT2D eigenvalue weighted by Gasteiger charge is -2.29. The van der Waals surface area contributed by atoms with E-state index in [-0.39, 0.29) is 35.1 Å². The molecule has 2 aromatic carbocycles. The summed E-state index contributed by atoms with van der Waals surface area (Å²) in [5.74, 6) is 7.78. The first-order chi connectivity index (χ1) is 20.6. The van der Waals surface area contributed by atoms with Crippen LogP contribution in [0.1, 0.15) is 55.4 Å². The van der Waals surface area contributed by atoms with Gasteiger partial charge < -0.3 is 21.5 Å². The lowest BCUT2D eigenvalue weighted by molar-refractivity contribution is -0.0419. The monoisotopic (exact) mass is 581 g/mol. The first kappa shape index (κ1) is 31.1. The average molecular weight is 582 g/mol. The maximum atomic E-state index is 13.5. The van der Waals surface area contributed by atoms with Gasteiger partial charge in [0.2, 0.25) is 0 Å². The van der Waals surface area contributed by atoms with Crippen LogP contribution in [0.5, 0.6) is 0 Å². The van der Waals surface area contributed by atoms with Gasteiger partial charge in [0.05, 0.1) is 28.8 Å². The van der Waals surface area contributed by atoms with E-state index < -0.39 is 5.91 Å². The summed E-state index contributed by atoms with van der Waals surface area (Å²) < 4.78 is 9.00. The molecule has 1 fully saturated rings. The van der Waals surface area contributed by atoms with Crippen molar-refractivity contribution >= 4 is 28.4 Å². The fourth-order valence-corrected chi connectivity index (χ4v) is 5.32. The van der Waals surface area contributed by atoms with Crippen LogP contribution in [0.15, 0.2) is 66.0 Å². The van der Waals surface area contributed by atoms with Crippen LogP contribution in [-0.2, 0) is 18.2 Å². The predicted octanol–water partition coefficient (Wildman–Crippen LogP) is 4.20. The van der Waals surface area contributed by atoms with Crippen LogP contribution in [0, 0.1) is 17.8 Å². The van der Waals surface area contributed by atoms with Crippen LogP contribution >= 0.6 is 0 Å². The first-order valence-corrected chi connectivity index (χ1v) is 14.4. The number of nitrogens with two attached hydrogens (primary N) is 2. The number of fused-ring (bicyclic) bond motifs is 1. The zero-order chi connectivity index (χ0) is 31.1. The van der Waals surface area contributed by atoms with Gasteiger partial charge in [0.15, 0.2) is 5.82 Å². The van der Waals surface area contributed by atoms with Crippen LogP contribution in [0.4, 0.5) is 11.6 Å². The highest BCUT2D eigenvalue weighted by molar-refractivity contribution is 6.02. The second kappa shape index (κ2) is 13.9. The summed E-state index contributed by atoms with van der Waals surface area (Å²) in [6, 6.07) is 15.4.